The van der Waals surface area contributed by atoms with Crippen molar-refractivity contribution in [1.82, 2.24) is 34.3 Å². The summed E-state index contributed by atoms with van der Waals surface area (Å²) in [6, 6.07) is 9.30. The smallest absolute Gasteiger partial charge is 0.162 e. The summed E-state index contributed by atoms with van der Waals surface area (Å²) in [6.07, 6.45) is 7.42. The van der Waals surface area contributed by atoms with E-state index in [0.29, 0.717) is 17.9 Å². The molecule has 0 aliphatic rings. The minimum Gasteiger partial charge on any atom is -0.240 e. The van der Waals surface area contributed by atoms with E-state index in [4.69, 9.17) is 5.26 Å². The summed E-state index contributed by atoms with van der Waals surface area (Å²) in [6.45, 7) is 2.13. The van der Waals surface area contributed by atoms with E-state index in [1.165, 1.54) is 0 Å². The van der Waals surface area contributed by atoms with Crippen molar-refractivity contribution >= 4 is 5.65 Å². The van der Waals surface area contributed by atoms with Crippen molar-refractivity contribution in [2.45, 2.75) is 26.2 Å². The van der Waals surface area contributed by atoms with Crippen LogP contribution in [-0.2, 0) is 12.8 Å². The maximum atomic E-state index is 9.07. The van der Waals surface area contributed by atoms with Gasteiger partial charge in [0.05, 0.1) is 11.4 Å². The summed E-state index contributed by atoms with van der Waals surface area (Å²) in [5.74, 6) is 0.615. The van der Waals surface area contributed by atoms with Crippen LogP contribution in [0.4, 0.5) is 0 Å². The third kappa shape index (κ3) is 2.80. The molecule has 8 heteroatoms. The fraction of sp³-hybridized carbons (Fsp3) is 0.222. The zero-order chi connectivity index (χ0) is 17.9. The Morgan fingerprint density at radius 1 is 1.15 bits per heavy atom. The molecule has 0 unspecified atom stereocenters. The molecular weight excluding hydrogens is 328 g/mol. The van der Waals surface area contributed by atoms with Crippen LogP contribution in [0.1, 0.15) is 36.0 Å². The number of rotatable bonds is 5. The summed E-state index contributed by atoms with van der Waals surface area (Å²) in [4.78, 5) is 13.3. The maximum Gasteiger partial charge on any atom is 0.162 e. The Balaban J connectivity index is 1.75. The minimum absolute atomic E-state index is 0.360. The van der Waals surface area contributed by atoms with Crippen molar-refractivity contribution in [3.8, 4) is 11.9 Å². The Bertz CT molecular complexity index is 1100. The second-order valence-corrected chi connectivity index (χ2v) is 5.85. The predicted octanol–water partition coefficient (Wildman–Crippen LogP) is 2.12. The monoisotopic (exact) mass is 344 g/mol. The van der Waals surface area contributed by atoms with Gasteiger partial charge in [-0.15, -0.1) is 0 Å². The van der Waals surface area contributed by atoms with Gasteiger partial charge in [0.25, 0.3) is 0 Å². The molecule has 0 saturated carbocycles. The van der Waals surface area contributed by atoms with Crippen molar-refractivity contribution in [2.24, 2.45) is 0 Å². The van der Waals surface area contributed by atoms with Gasteiger partial charge in [0.2, 0.25) is 0 Å². The number of aromatic nitrogens is 7. The van der Waals surface area contributed by atoms with E-state index in [-0.39, 0.29) is 0 Å². The van der Waals surface area contributed by atoms with Crippen molar-refractivity contribution < 1.29 is 0 Å². The molecule has 0 bridgehead atoms. The molecule has 0 radical (unpaired) electrons. The molecule has 0 atom stereocenters. The number of nitriles is 1. The Hall–Kier alpha value is -3.60. The quantitative estimate of drug-likeness (QED) is 0.550. The van der Waals surface area contributed by atoms with E-state index in [0.717, 1.165) is 35.4 Å². The lowest BCUT2D eigenvalue weighted by Crippen LogP contribution is -2.09. The van der Waals surface area contributed by atoms with E-state index in [1.807, 2.05) is 12.1 Å². The van der Waals surface area contributed by atoms with Gasteiger partial charge in [0, 0.05) is 18.2 Å². The van der Waals surface area contributed by atoms with Gasteiger partial charge in [0.15, 0.2) is 11.5 Å². The van der Waals surface area contributed by atoms with E-state index >= 15 is 0 Å². The summed E-state index contributed by atoms with van der Waals surface area (Å²) in [5.41, 5.74) is 4.19. The lowest BCUT2D eigenvalue weighted by Gasteiger charge is -2.10. The Kier molecular flexibility index (Phi) is 4.11. The highest BCUT2D eigenvalue weighted by atomic mass is 15.3. The zero-order valence-electron chi connectivity index (χ0n) is 14.2. The first-order valence-electron chi connectivity index (χ1n) is 8.36. The second kappa shape index (κ2) is 6.72. The fourth-order valence-corrected chi connectivity index (χ4v) is 2.99. The third-order valence-corrected chi connectivity index (χ3v) is 4.15. The molecule has 0 amide bonds. The largest absolute Gasteiger partial charge is 0.240 e. The number of hydrogen-bond donors (Lipinski definition) is 0. The molecular formula is C18H16N8. The SMILES string of the molecule is CCCc1c(Cc2ccnn2-c2cccc(C#N)n2)ncn2ncnc12. The summed E-state index contributed by atoms with van der Waals surface area (Å²) < 4.78 is 3.44. The predicted molar refractivity (Wildman–Crippen MR) is 93.7 cm³/mol. The van der Waals surface area contributed by atoms with Gasteiger partial charge in [0.1, 0.15) is 24.4 Å². The number of fused-ring (bicyclic) bond motifs is 1. The van der Waals surface area contributed by atoms with Gasteiger partial charge >= 0.3 is 0 Å². The van der Waals surface area contributed by atoms with Gasteiger partial charge in [-0.05, 0) is 24.6 Å². The molecule has 26 heavy (non-hydrogen) atoms. The van der Waals surface area contributed by atoms with Gasteiger partial charge in [-0.25, -0.2) is 24.1 Å². The summed E-state index contributed by atoms with van der Waals surface area (Å²) in [5, 5.41) is 17.6. The maximum absolute atomic E-state index is 9.07. The molecule has 0 aromatic carbocycles. The first-order valence-corrected chi connectivity index (χ1v) is 8.36. The molecule has 0 spiro atoms. The molecule has 4 aromatic rings. The van der Waals surface area contributed by atoms with Gasteiger partial charge < -0.3 is 0 Å². The summed E-state index contributed by atoms with van der Waals surface area (Å²) in [7, 11) is 0. The third-order valence-electron chi connectivity index (χ3n) is 4.15. The van der Waals surface area contributed by atoms with Crippen LogP contribution in [0.2, 0.25) is 0 Å². The van der Waals surface area contributed by atoms with E-state index in [2.05, 4.69) is 38.1 Å². The minimum atomic E-state index is 0.360. The first-order chi connectivity index (χ1) is 12.8. The highest BCUT2D eigenvalue weighted by molar-refractivity contribution is 5.49. The molecule has 0 aliphatic heterocycles. The summed E-state index contributed by atoms with van der Waals surface area (Å²) >= 11 is 0. The second-order valence-electron chi connectivity index (χ2n) is 5.85. The first kappa shape index (κ1) is 15.9. The topological polar surface area (TPSA) is 97.6 Å². The average Bonchev–Trinajstić information content (AvgIpc) is 3.33. The standard InChI is InChI=1S/C18H16N8/c1-2-4-15-16(21-12-25-18(15)20-11-23-25)9-14-7-8-22-26(14)17-6-3-5-13(10-19)24-17/h3,5-8,11-12H,2,4,9H2,1H3. The fourth-order valence-electron chi connectivity index (χ4n) is 2.99. The highest BCUT2D eigenvalue weighted by Gasteiger charge is 2.15. The van der Waals surface area contributed by atoms with Crippen LogP contribution in [0.5, 0.6) is 0 Å². The van der Waals surface area contributed by atoms with Gasteiger partial charge in [-0.3, -0.25) is 0 Å². The number of pyridine rings is 1. The van der Waals surface area contributed by atoms with E-state index in [9.17, 15) is 0 Å². The van der Waals surface area contributed by atoms with Crippen LogP contribution in [0.3, 0.4) is 0 Å². The lowest BCUT2D eigenvalue weighted by atomic mass is 10.1. The van der Waals surface area contributed by atoms with E-state index in [1.54, 1.807) is 40.2 Å². The number of hydrogen-bond acceptors (Lipinski definition) is 6. The van der Waals surface area contributed by atoms with Crippen molar-refractivity contribution in [3.05, 3.63) is 65.8 Å². The Labute approximate surface area is 149 Å². The van der Waals surface area contributed by atoms with Crippen LogP contribution in [-0.4, -0.2) is 34.3 Å². The lowest BCUT2D eigenvalue weighted by molar-refractivity contribution is 0.775. The molecule has 8 nitrogen and oxygen atoms in total. The van der Waals surface area contributed by atoms with Crippen LogP contribution < -0.4 is 0 Å². The molecule has 0 fully saturated rings. The Morgan fingerprint density at radius 3 is 2.92 bits per heavy atom. The number of nitrogens with zero attached hydrogens (tertiary/aromatic N) is 8. The van der Waals surface area contributed by atoms with Crippen LogP contribution >= 0.6 is 0 Å². The molecule has 0 N–H and O–H groups in total. The normalized spacial score (nSPS) is 10.9. The van der Waals surface area contributed by atoms with Gasteiger partial charge in [-0.2, -0.15) is 15.5 Å². The number of aryl methyl sites for hydroxylation is 1. The Morgan fingerprint density at radius 2 is 2.08 bits per heavy atom. The highest BCUT2D eigenvalue weighted by Crippen LogP contribution is 2.19. The average molecular weight is 344 g/mol. The molecule has 128 valence electrons. The van der Waals surface area contributed by atoms with Crippen molar-refractivity contribution in [2.75, 3.05) is 0 Å². The molecule has 0 saturated heterocycles. The van der Waals surface area contributed by atoms with Crippen molar-refractivity contribution in [3.63, 3.8) is 0 Å². The van der Waals surface area contributed by atoms with Crippen LogP contribution in [0.15, 0.2) is 43.1 Å². The van der Waals surface area contributed by atoms with Gasteiger partial charge in [-0.1, -0.05) is 19.4 Å². The molecule has 4 rings (SSSR count). The molecule has 0 aliphatic carbocycles. The zero-order valence-corrected chi connectivity index (χ0v) is 14.2. The van der Waals surface area contributed by atoms with Crippen LogP contribution in [0.25, 0.3) is 11.5 Å². The van der Waals surface area contributed by atoms with Crippen molar-refractivity contribution in [1.29, 1.82) is 5.26 Å². The molecule has 4 heterocycles. The van der Waals surface area contributed by atoms with E-state index < -0.39 is 0 Å². The van der Waals surface area contributed by atoms with Crippen LogP contribution in [0, 0.1) is 11.3 Å². The molecule has 4 aromatic heterocycles.